The van der Waals surface area contributed by atoms with Crippen LogP contribution in [0.3, 0.4) is 0 Å². The van der Waals surface area contributed by atoms with Gasteiger partial charge in [-0.05, 0) is 13.8 Å². The van der Waals surface area contributed by atoms with Crippen molar-refractivity contribution in [2.45, 2.75) is 32.1 Å². The van der Waals surface area contributed by atoms with E-state index in [9.17, 15) is 0 Å². The molecule has 0 aliphatic carbocycles. The fourth-order valence-corrected chi connectivity index (χ4v) is 3.59. The summed E-state index contributed by atoms with van der Waals surface area (Å²) in [7, 11) is 2.39. The van der Waals surface area contributed by atoms with Crippen molar-refractivity contribution in [2.75, 3.05) is 34.4 Å². The second kappa shape index (κ2) is 8.98. The standard InChI is InChI=1S/C10H27N3O3Si/c1-9(13-10(2)12-7-6-11)8-17(14-3,15-4)16-5/h9-10,12-13H,6-8,11H2,1-5H3. The van der Waals surface area contributed by atoms with Crippen LogP contribution >= 0.6 is 0 Å². The van der Waals surface area contributed by atoms with Crippen molar-refractivity contribution >= 4 is 8.80 Å². The van der Waals surface area contributed by atoms with Crippen molar-refractivity contribution in [3.8, 4) is 0 Å². The van der Waals surface area contributed by atoms with E-state index in [0.717, 1.165) is 12.6 Å². The van der Waals surface area contributed by atoms with E-state index < -0.39 is 8.80 Å². The third-order valence-corrected chi connectivity index (χ3v) is 5.60. The van der Waals surface area contributed by atoms with Crippen molar-refractivity contribution in [1.82, 2.24) is 10.6 Å². The van der Waals surface area contributed by atoms with Gasteiger partial charge < -0.3 is 24.3 Å². The Morgan fingerprint density at radius 1 is 1.12 bits per heavy atom. The van der Waals surface area contributed by atoms with Crippen LogP contribution in [0.2, 0.25) is 6.04 Å². The summed E-state index contributed by atoms with van der Waals surface area (Å²) in [4.78, 5) is 0. The van der Waals surface area contributed by atoms with Crippen LogP contribution in [0.15, 0.2) is 0 Å². The summed E-state index contributed by atoms with van der Waals surface area (Å²) < 4.78 is 16.2. The Kier molecular flexibility index (Phi) is 8.97. The maximum atomic E-state index is 5.43. The summed E-state index contributed by atoms with van der Waals surface area (Å²) >= 11 is 0. The number of hydrogen-bond acceptors (Lipinski definition) is 6. The first-order chi connectivity index (χ1) is 8.03. The Labute approximate surface area is 106 Å². The minimum Gasteiger partial charge on any atom is -0.377 e. The summed E-state index contributed by atoms with van der Waals surface area (Å²) in [6, 6.07) is 0.965. The fraction of sp³-hybridized carbons (Fsp3) is 1.00. The van der Waals surface area contributed by atoms with Crippen LogP contribution in [0.1, 0.15) is 13.8 Å². The van der Waals surface area contributed by atoms with Gasteiger partial charge in [0.25, 0.3) is 0 Å². The molecule has 17 heavy (non-hydrogen) atoms. The molecule has 104 valence electrons. The number of hydrogen-bond donors (Lipinski definition) is 3. The quantitative estimate of drug-likeness (QED) is 0.373. The van der Waals surface area contributed by atoms with Gasteiger partial charge in [-0.15, -0.1) is 0 Å². The van der Waals surface area contributed by atoms with E-state index in [1.165, 1.54) is 0 Å². The predicted molar refractivity (Wildman–Crippen MR) is 70.7 cm³/mol. The van der Waals surface area contributed by atoms with Crippen LogP contribution in [0, 0.1) is 0 Å². The highest BCUT2D eigenvalue weighted by Crippen LogP contribution is 2.15. The summed E-state index contributed by atoms with van der Waals surface area (Å²) in [5.41, 5.74) is 5.43. The van der Waals surface area contributed by atoms with Gasteiger partial charge in [0.2, 0.25) is 0 Å². The molecule has 0 aromatic rings. The third kappa shape index (κ3) is 6.46. The molecule has 0 aromatic carbocycles. The van der Waals surface area contributed by atoms with Crippen LogP contribution < -0.4 is 16.4 Å². The average Bonchev–Trinajstić information content (AvgIpc) is 2.33. The fourth-order valence-electron chi connectivity index (χ4n) is 1.72. The van der Waals surface area contributed by atoms with Crippen LogP contribution in [0.4, 0.5) is 0 Å². The first-order valence-electron chi connectivity index (χ1n) is 5.88. The van der Waals surface area contributed by atoms with Gasteiger partial charge in [0.1, 0.15) is 0 Å². The van der Waals surface area contributed by atoms with Gasteiger partial charge in [-0.1, -0.05) is 0 Å². The van der Waals surface area contributed by atoms with Crippen molar-refractivity contribution in [3.63, 3.8) is 0 Å². The molecule has 4 N–H and O–H groups in total. The number of nitrogens with two attached hydrogens (primary N) is 1. The SMILES string of the molecule is CO[Si](CC(C)NC(C)NCCN)(OC)OC. The molecule has 0 aliphatic heterocycles. The molecule has 2 atom stereocenters. The lowest BCUT2D eigenvalue weighted by Crippen LogP contribution is -2.52. The van der Waals surface area contributed by atoms with Crippen molar-refractivity contribution < 1.29 is 13.3 Å². The molecule has 0 heterocycles. The highest BCUT2D eigenvalue weighted by molar-refractivity contribution is 6.60. The largest absolute Gasteiger partial charge is 0.501 e. The van der Waals surface area contributed by atoms with E-state index in [1.54, 1.807) is 21.3 Å². The molecule has 0 saturated carbocycles. The van der Waals surface area contributed by atoms with Gasteiger partial charge in [0.05, 0.1) is 6.17 Å². The molecule has 0 rings (SSSR count). The van der Waals surface area contributed by atoms with Crippen LogP contribution in [-0.4, -0.2) is 55.4 Å². The third-order valence-electron chi connectivity index (χ3n) is 2.62. The van der Waals surface area contributed by atoms with Gasteiger partial charge in [-0.2, -0.15) is 0 Å². The van der Waals surface area contributed by atoms with E-state index in [1.807, 2.05) is 0 Å². The molecule has 0 aliphatic rings. The van der Waals surface area contributed by atoms with Gasteiger partial charge in [-0.25, -0.2) is 0 Å². The van der Waals surface area contributed by atoms with Gasteiger partial charge in [0.15, 0.2) is 0 Å². The molecule has 6 nitrogen and oxygen atoms in total. The number of nitrogens with one attached hydrogen (secondary N) is 2. The van der Waals surface area contributed by atoms with Crippen molar-refractivity contribution in [1.29, 1.82) is 0 Å². The lowest BCUT2D eigenvalue weighted by Gasteiger charge is -2.29. The summed E-state index contributed by atoms with van der Waals surface area (Å²) in [6.07, 6.45) is 0.200. The highest BCUT2D eigenvalue weighted by Gasteiger charge is 2.39. The zero-order valence-electron chi connectivity index (χ0n) is 11.6. The normalized spacial score (nSPS) is 15.9. The van der Waals surface area contributed by atoms with Gasteiger partial charge >= 0.3 is 8.80 Å². The maximum Gasteiger partial charge on any atom is 0.501 e. The molecule has 0 amide bonds. The molecule has 0 aromatic heterocycles. The molecule has 0 bridgehead atoms. The van der Waals surface area contributed by atoms with E-state index in [2.05, 4.69) is 24.5 Å². The zero-order chi connectivity index (χ0) is 13.3. The predicted octanol–water partition coefficient (Wildman–Crippen LogP) is -0.263. The Balaban J connectivity index is 4.09. The molecule has 0 saturated heterocycles. The first kappa shape index (κ1) is 17.0. The van der Waals surface area contributed by atoms with Gasteiger partial charge in [0, 0.05) is 46.5 Å². The molecule has 2 unspecified atom stereocenters. The van der Waals surface area contributed by atoms with Crippen LogP contribution in [-0.2, 0) is 13.3 Å². The molecular formula is C10H27N3O3Si. The van der Waals surface area contributed by atoms with Crippen molar-refractivity contribution in [3.05, 3.63) is 0 Å². The molecule has 7 heteroatoms. The van der Waals surface area contributed by atoms with E-state index in [-0.39, 0.29) is 12.2 Å². The Hall–Kier alpha value is -0.0231. The molecule has 0 radical (unpaired) electrons. The van der Waals surface area contributed by atoms with Gasteiger partial charge in [-0.3, -0.25) is 5.32 Å². The second-order valence-electron chi connectivity index (χ2n) is 4.03. The smallest absolute Gasteiger partial charge is 0.377 e. The summed E-state index contributed by atoms with van der Waals surface area (Å²) in [5, 5.41) is 6.66. The topological polar surface area (TPSA) is 77.8 Å². The molecule has 0 spiro atoms. The molecular weight excluding hydrogens is 238 g/mol. The second-order valence-corrected chi connectivity index (χ2v) is 7.03. The van der Waals surface area contributed by atoms with E-state index >= 15 is 0 Å². The van der Waals surface area contributed by atoms with Crippen molar-refractivity contribution in [2.24, 2.45) is 5.73 Å². The minimum absolute atomic E-state index is 0.200. The van der Waals surface area contributed by atoms with E-state index in [0.29, 0.717) is 6.54 Å². The lowest BCUT2D eigenvalue weighted by atomic mass is 10.3. The van der Waals surface area contributed by atoms with Crippen LogP contribution in [0.25, 0.3) is 0 Å². The molecule has 0 fully saturated rings. The average molecular weight is 265 g/mol. The highest BCUT2D eigenvalue weighted by atomic mass is 28.4. The summed E-state index contributed by atoms with van der Waals surface area (Å²) in [6.45, 7) is 5.57. The first-order valence-corrected chi connectivity index (χ1v) is 7.81. The Bertz CT molecular complexity index is 185. The lowest BCUT2D eigenvalue weighted by molar-refractivity contribution is 0.120. The number of rotatable bonds is 10. The minimum atomic E-state index is -2.49. The maximum absolute atomic E-state index is 5.43. The monoisotopic (exact) mass is 265 g/mol. The van der Waals surface area contributed by atoms with Crippen LogP contribution in [0.5, 0.6) is 0 Å². The zero-order valence-corrected chi connectivity index (χ0v) is 12.6. The summed E-state index contributed by atoms with van der Waals surface area (Å²) in [5.74, 6) is 0. The Morgan fingerprint density at radius 3 is 2.06 bits per heavy atom. The van der Waals surface area contributed by atoms with E-state index in [4.69, 9.17) is 19.0 Å². The Morgan fingerprint density at radius 2 is 1.65 bits per heavy atom.